The molecule has 2 heterocycles. The van der Waals surface area contributed by atoms with E-state index in [0.717, 1.165) is 32.4 Å². The number of piperidine rings is 1. The summed E-state index contributed by atoms with van der Waals surface area (Å²) >= 11 is 0. The molecule has 2 rings (SSSR count). The van der Waals surface area contributed by atoms with Crippen LogP contribution in [0.15, 0.2) is 12.1 Å². The van der Waals surface area contributed by atoms with Crippen LogP contribution in [0.2, 0.25) is 0 Å². The fraction of sp³-hybridized carbons (Fsp3) is 0.615. The molecule has 1 aromatic rings. The molecule has 20 heavy (non-hydrogen) atoms. The summed E-state index contributed by atoms with van der Waals surface area (Å²) in [5.74, 6) is 1.27. The Labute approximate surface area is 117 Å². The summed E-state index contributed by atoms with van der Waals surface area (Å²) in [5.41, 5.74) is 5.63. The number of ether oxygens (including phenoxy) is 1. The van der Waals surface area contributed by atoms with Crippen LogP contribution in [0.4, 0.5) is 11.5 Å². The number of nitrogens with two attached hydrogens (primary N) is 1. The van der Waals surface area contributed by atoms with Gasteiger partial charge in [-0.05, 0) is 31.7 Å². The van der Waals surface area contributed by atoms with Gasteiger partial charge in [0.25, 0.3) is 0 Å². The average Bonchev–Trinajstić information content (AvgIpc) is 2.47. The molecule has 7 heteroatoms. The number of nitro groups is 1. The van der Waals surface area contributed by atoms with Crippen molar-refractivity contribution in [1.29, 1.82) is 0 Å². The minimum absolute atomic E-state index is 0.0270. The van der Waals surface area contributed by atoms with Crippen molar-refractivity contribution in [2.24, 2.45) is 11.7 Å². The molecular formula is C13H20N4O3. The third-order valence-electron chi connectivity index (χ3n) is 3.63. The Morgan fingerprint density at radius 3 is 3.05 bits per heavy atom. The molecule has 0 radical (unpaired) electrons. The van der Waals surface area contributed by atoms with Crippen molar-refractivity contribution >= 4 is 11.5 Å². The standard InChI is InChI=1S/C13H20N4O3/c1-20-12-5-4-11(17(18)19)13(15-12)16-8-2-3-10(9-16)6-7-14/h4-5,10H,2-3,6-9,14H2,1H3. The Hall–Kier alpha value is -1.89. The molecule has 0 bridgehead atoms. The maximum absolute atomic E-state index is 11.1. The highest BCUT2D eigenvalue weighted by molar-refractivity contribution is 5.59. The van der Waals surface area contributed by atoms with Crippen molar-refractivity contribution < 1.29 is 9.66 Å². The maximum Gasteiger partial charge on any atom is 0.311 e. The summed E-state index contributed by atoms with van der Waals surface area (Å²) in [6.45, 7) is 2.19. The van der Waals surface area contributed by atoms with Crippen LogP contribution in [-0.2, 0) is 0 Å². The Morgan fingerprint density at radius 2 is 2.40 bits per heavy atom. The molecule has 1 aromatic heterocycles. The first-order valence-corrected chi connectivity index (χ1v) is 6.80. The number of nitrogens with zero attached hydrogens (tertiary/aromatic N) is 3. The van der Waals surface area contributed by atoms with Crippen molar-refractivity contribution in [2.45, 2.75) is 19.3 Å². The Bertz CT molecular complexity index is 479. The van der Waals surface area contributed by atoms with E-state index in [1.807, 2.05) is 4.90 Å². The van der Waals surface area contributed by atoms with Crippen LogP contribution >= 0.6 is 0 Å². The Morgan fingerprint density at radius 1 is 1.60 bits per heavy atom. The van der Waals surface area contributed by atoms with Gasteiger partial charge in [-0.3, -0.25) is 10.1 Å². The first-order chi connectivity index (χ1) is 9.65. The number of anilines is 1. The number of hydrogen-bond acceptors (Lipinski definition) is 6. The zero-order valence-corrected chi connectivity index (χ0v) is 11.6. The lowest BCUT2D eigenvalue weighted by Crippen LogP contribution is -2.37. The summed E-state index contributed by atoms with van der Waals surface area (Å²) in [4.78, 5) is 17.0. The van der Waals surface area contributed by atoms with E-state index in [9.17, 15) is 10.1 Å². The zero-order valence-electron chi connectivity index (χ0n) is 11.6. The van der Waals surface area contributed by atoms with E-state index in [1.54, 1.807) is 0 Å². The first kappa shape index (κ1) is 14.5. The van der Waals surface area contributed by atoms with E-state index in [-0.39, 0.29) is 5.69 Å². The molecule has 0 saturated carbocycles. The van der Waals surface area contributed by atoms with Gasteiger partial charge in [-0.15, -0.1) is 0 Å². The van der Waals surface area contributed by atoms with Crippen molar-refractivity contribution in [2.75, 3.05) is 31.6 Å². The molecule has 1 fully saturated rings. The largest absolute Gasteiger partial charge is 0.481 e. The smallest absolute Gasteiger partial charge is 0.311 e. The molecule has 1 unspecified atom stereocenters. The Kier molecular flexibility index (Phi) is 4.73. The van der Waals surface area contributed by atoms with Crippen molar-refractivity contribution in [3.05, 3.63) is 22.2 Å². The van der Waals surface area contributed by atoms with Crippen LogP contribution < -0.4 is 15.4 Å². The first-order valence-electron chi connectivity index (χ1n) is 6.80. The Balaban J connectivity index is 2.27. The molecule has 7 nitrogen and oxygen atoms in total. The molecule has 1 atom stereocenters. The van der Waals surface area contributed by atoms with E-state index in [4.69, 9.17) is 10.5 Å². The summed E-state index contributed by atoms with van der Waals surface area (Å²) in [6, 6.07) is 2.97. The van der Waals surface area contributed by atoms with Crippen LogP contribution in [0, 0.1) is 16.0 Å². The molecule has 0 aliphatic carbocycles. The zero-order chi connectivity index (χ0) is 14.5. The fourth-order valence-corrected chi connectivity index (χ4v) is 2.64. The van der Waals surface area contributed by atoms with Gasteiger partial charge in [0, 0.05) is 25.2 Å². The van der Waals surface area contributed by atoms with Crippen molar-refractivity contribution in [3.63, 3.8) is 0 Å². The van der Waals surface area contributed by atoms with Crippen LogP contribution in [0.25, 0.3) is 0 Å². The van der Waals surface area contributed by atoms with Crippen LogP contribution in [0.5, 0.6) is 5.88 Å². The topological polar surface area (TPSA) is 94.5 Å². The summed E-state index contributed by atoms with van der Waals surface area (Å²) < 4.78 is 5.07. The second kappa shape index (κ2) is 6.51. The van der Waals surface area contributed by atoms with Crippen molar-refractivity contribution in [1.82, 2.24) is 4.98 Å². The molecule has 110 valence electrons. The van der Waals surface area contributed by atoms with Gasteiger partial charge in [-0.25, -0.2) is 0 Å². The summed E-state index contributed by atoms with van der Waals surface area (Å²) in [5, 5.41) is 11.1. The molecule has 2 N–H and O–H groups in total. The van der Waals surface area contributed by atoms with E-state index >= 15 is 0 Å². The number of aromatic nitrogens is 1. The predicted octanol–water partition coefficient (Wildman–Crippen LogP) is 1.56. The van der Waals surface area contributed by atoms with E-state index in [1.165, 1.54) is 19.2 Å². The number of rotatable bonds is 5. The number of hydrogen-bond donors (Lipinski definition) is 1. The SMILES string of the molecule is COc1ccc([N+](=O)[O-])c(N2CCCC(CCN)C2)n1. The molecule has 0 amide bonds. The number of pyridine rings is 1. The average molecular weight is 280 g/mol. The maximum atomic E-state index is 11.1. The highest BCUT2D eigenvalue weighted by Gasteiger charge is 2.27. The minimum Gasteiger partial charge on any atom is -0.481 e. The van der Waals surface area contributed by atoms with Crippen LogP contribution in [0.1, 0.15) is 19.3 Å². The van der Waals surface area contributed by atoms with E-state index < -0.39 is 4.92 Å². The molecule has 1 aliphatic rings. The predicted molar refractivity (Wildman–Crippen MR) is 76.1 cm³/mol. The molecule has 1 saturated heterocycles. The highest BCUT2D eigenvalue weighted by Crippen LogP contribution is 2.32. The van der Waals surface area contributed by atoms with Gasteiger partial charge in [0.1, 0.15) is 0 Å². The van der Waals surface area contributed by atoms with E-state index in [2.05, 4.69) is 4.98 Å². The summed E-state index contributed by atoms with van der Waals surface area (Å²) in [7, 11) is 1.51. The van der Waals surface area contributed by atoms with Gasteiger partial charge in [0.2, 0.25) is 11.7 Å². The van der Waals surface area contributed by atoms with Gasteiger partial charge in [0.15, 0.2) is 0 Å². The highest BCUT2D eigenvalue weighted by atomic mass is 16.6. The molecule has 0 spiro atoms. The second-order valence-corrected chi connectivity index (χ2v) is 4.99. The molecular weight excluding hydrogens is 260 g/mol. The third-order valence-corrected chi connectivity index (χ3v) is 3.63. The number of methoxy groups -OCH3 is 1. The lowest BCUT2D eigenvalue weighted by Gasteiger charge is -2.33. The van der Waals surface area contributed by atoms with Crippen LogP contribution in [0.3, 0.4) is 0 Å². The normalized spacial score (nSPS) is 18.9. The quantitative estimate of drug-likeness (QED) is 0.649. The minimum atomic E-state index is -0.395. The van der Waals surface area contributed by atoms with Gasteiger partial charge in [-0.2, -0.15) is 4.98 Å². The van der Waals surface area contributed by atoms with Crippen LogP contribution in [-0.4, -0.2) is 36.7 Å². The van der Waals surface area contributed by atoms with Gasteiger partial charge < -0.3 is 15.4 Å². The third kappa shape index (κ3) is 3.16. The molecule has 1 aliphatic heterocycles. The lowest BCUT2D eigenvalue weighted by molar-refractivity contribution is -0.384. The van der Waals surface area contributed by atoms with Crippen molar-refractivity contribution in [3.8, 4) is 5.88 Å². The van der Waals surface area contributed by atoms with E-state index in [0.29, 0.717) is 24.2 Å². The monoisotopic (exact) mass is 280 g/mol. The second-order valence-electron chi connectivity index (χ2n) is 4.99. The fourth-order valence-electron chi connectivity index (χ4n) is 2.64. The summed E-state index contributed by atoms with van der Waals surface area (Å²) in [6.07, 6.45) is 3.06. The molecule has 0 aromatic carbocycles. The van der Waals surface area contributed by atoms with Gasteiger partial charge >= 0.3 is 5.69 Å². The van der Waals surface area contributed by atoms with Gasteiger partial charge in [0.05, 0.1) is 12.0 Å². The lowest BCUT2D eigenvalue weighted by atomic mass is 9.95. The van der Waals surface area contributed by atoms with Gasteiger partial charge in [-0.1, -0.05) is 0 Å².